The van der Waals surface area contributed by atoms with Crippen molar-refractivity contribution in [1.82, 2.24) is 24.7 Å². The van der Waals surface area contributed by atoms with E-state index in [0.717, 1.165) is 29.0 Å². The number of rotatable bonds is 6. The Morgan fingerprint density at radius 2 is 1.75 bits per heavy atom. The molecule has 0 aliphatic carbocycles. The van der Waals surface area contributed by atoms with Crippen LogP contribution in [0.5, 0.6) is 0 Å². The first-order chi connectivity index (χ1) is 13.3. The third kappa shape index (κ3) is 4.51. The molecule has 6 heteroatoms. The number of hydrogen-bond donors (Lipinski definition) is 1. The van der Waals surface area contributed by atoms with Crippen LogP contribution >= 0.6 is 0 Å². The quantitative estimate of drug-likeness (QED) is 0.713. The van der Waals surface area contributed by atoms with Gasteiger partial charge < -0.3 is 19.7 Å². The second-order valence-corrected chi connectivity index (χ2v) is 7.60. The van der Waals surface area contributed by atoms with E-state index in [9.17, 15) is 4.79 Å². The molecule has 1 N–H and O–H groups in total. The van der Waals surface area contributed by atoms with Crippen LogP contribution in [0.2, 0.25) is 0 Å². The first-order valence-electron chi connectivity index (χ1n) is 9.50. The van der Waals surface area contributed by atoms with E-state index < -0.39 is 0 Å². The molecular weight excluding hydrogens is 350 g/mol. The standard InChI is InChI=1S/C22H29N5O/c1-16(21-24-19-11-6-7-12-20(19)27(21)5)23-22(28)26(4)15-18-10-8-9-17(13-18)14-25(2)3/h6-13,16H,14-15H2,1-5H3,(H,23,28)/t16-/m1/s1. The molecule has 0 saturated heterocycles. The molecule has 0 aliphatic rings. The molecule has 0 unspecified atom stereocenters. The van der Waals surface area contributed by atoms with Crippen molar-refractivity contribution in [2.24, 2.45) is 7.05 Å². The highest BCUT2D eigenvalue weighted by molar-refractivity contribution is 5.77. The Hall–Kier alpha value is -2.86. The third-order valence-corrected chi connectivity index (χ3v) is 4.81. The fourth-order valence-corrected chi connectivity index (χ4v) is 3.45. The van der Waals surface area contributed by atoms with Gasteiger partial charge in [0.25, 0.3) is 0 Å². The minimum Gasteiger partial charge on any atom is -0.329 e. The first-order valence-corrected chi connectivity index (χ1v) is 9.50. The zero-order chi connectivity index (χ0) is 20.3. The third-order valence-electron chi connectivity index (χ3n) is 4.81. The van der Waals surface area contributed by atoms with Crippen molar-refractivity contribution >= 4 is 17.1 Å². The van der Waals surface area contributed by atoms with Gasteiger partial charge in [0.2, 0.25) is 0 Å². The van der Waals surface area contributed by atoms with Gasteiger partial charge in [-0.25, -0.2) is 9.78 Å². The van der Waals surface area contributed by atoms with Gasteiger partial charge in [-0.15, -0.1) is 0 Å². The Kier molecular flexibility index (Phi) is 5.99. The average molecular weight is 380 g/mol. The zero-order valence-corrected chi connectivity index (χ0v) is 17.3. The van der Waals surface area contributed by atoms with Crippen molar-refractivity contribution < 1.29 is 4.79 Å². The summed E-state index contributed by atoms with van der Waals surface area (Å²) in [5.74, 6) is 0.843. The molecule has 1 aromatic heterocycles. The Labute approximate surface area is 166 Å². The fraction of sp³-hybridized carbons (Fsp3) is 0.364. The molecule has 1 atom stereocenters. The molecule has 0 aliphatic heterocycles. The van der Waals surface area contributed by atoms with Crippen LogP contribution in [0.4, 0.5) is 4.79 Å². The van der Waals surface area contributed by atoms with E-state index in [1.54, 1.807) is 4.90 Å². The predicted molar refractivity (Wildman–Crippen MR) is 113 cm³/mol. The molecule has 0 saturated carbocycles. The van der Waals surface area contributed by atoms with Crippen LogP contribution < -0.4 is 5.32 Å². The van der Waals surface area contributed by atoms with E-state index in [2.05, 4.69) is 47.5 Å². The summed E-state index contributed by atoms with van der Waals surface area (Å²) in [4.78, 5) is 21.2. The number of aryl methyl sites for hydroxylation is 1. The highest BCUT2D eigenvalue weighted by Crippen LogP contribution is 2.19. The van der Waals surface area contributed by atoms with E-state index in [0.29, 0.717) is 6.54 Å². The molecule has 148 valence electrons. The molecule has 3 rings (SSSR count). The van der Waals surface area contributed by atoms with Crippen molar-refractivity contribution in [2.45, 2.75) is 26.1 Å². The minimum atomic E-state index is -0.188. The number of imidazole rings is 1. The Balaban J connectivity index is 1.65. The number of fused-ring (bicyclic) bond motifs is 1. The number of benzene rings is 2. The molecule has 3 aromatic rings. The molecule has 6 nitrogen and oxygen atoms in total. The maximum absolute atomic E-state index is 12.7. The topological polar surface area (TPSA) is 53.4 Å². The van der Waals surface area contributed by atoms with E-state index in [1.165, 1.54) is 5.56 Å². The van der Waals surface area contributed by atoms with E-state index in [1.807, 2.05) is 55.9 Å². The lowest BCUT2D eigenvalue weighted by atomic mass is 10.1. The lowest BCUT2D eigenvalue weighted by Gasteiger charge is -2.22. The molecule has 0 fully saturated rings. The minimum absolute atomic E-state index is 0.113. The maximum atomic E-state index is 12.7. The van der Waals surface area contributed by atoms with Crippen molar-refractivity contribution in [3.05, 3.63) is 65.5 Å². The number of hydrogen-bond acceptors (Lipinski definition) is 3. The van der Waals surface area contributed by atoms with Crippen molar-refractivity contribution in [2.75, 3.05) is 21.1 Å². The highest BCUT2D eigenvalue weighted by Gasteiger charge is 2.18. The summed E-state index contributed by atoms with van der Waals surface area (Å²) in [6.07, 6.45) is 0. The largest absolute Gasteiger partial charge is 0.329 e. The number of urea groups is 1. The first kappa shape index (κ1) is 19.9. The summed E-state index contributed by atoms with van der Waals surface area (Å²) >= 11 is 0. The second kappa shape index (κ2) is 8.44. The predicted octanol–water partition coefficient (Wildman–Crippen LogP) is 3.54. The van der Waals surface area contributed by atoms with Crippen molar-refractivity contribution in [1.29, 1.82) is 0 Å². The van der Waals surface area contributed by atoms with Gasteiger partial charge in [-0.3, -0.25) is 0 Å². The summed E-state index contributed by atoms with van der Waals surface area (Å²) in [6, 6.07) is 16.0. The van der Waals surface area contributed by atoms with Gasteiger partial charge in [0.1, 0.15) is 5.82 Å². The van der Waals surface area contributed by atoms with Gasteiger partial charge in [0, 0.05) is 27.2 Å². The van der Waals surface area contributed by atoms with Crippen LogP contribution in [-0.2, 0) is 20.1 Å². The number of nitrogens with zero attached hydrogens (tertiary/aromatic N) is 4. The monoisotopic (exact) mass is 379 g/mol. The maximum Gasteiger partial charge on any atom is 0.318 e. The van der Waals surface area contributed by atoms with Gasteiger partial charge >= 0.3 is 6.03 Å². The fourth-order valence-electron chi connectivity index (χ4n) is 3.45. The van der Waals surface area contributed by atoms with E-state index in [4.69, 9.17) is 0 Å². The average Bonchev–Trinajstić information content (AvgIpc) is 2.98. The van der Waals surface area contributed by atoms with Crippen LogP contribution in [-0.4, -0.2) is 46.5 Å². The molecule has 2 aromatic carbocycles. The Bertz CT molecular complexity index is 962. The van der Waals surface area contributed by atoms with Crippen LogP contribution in [0.25, 0.3) is 11.0 Å². The van der Waals surface area contributed by atoms with E-state index >= 15 is 0 Å². The van der Waals surface area contributed by atoms with Crippen LogP contribution in [0.3, 0.4) is 0 Å². The van der Waals surface area contributed by atoms with Crippen LogP contribution in [0.1, 0.15) is 29.9 Å². The summed E-state index contributed by atoms with van der Waals surface area (Å²) < 4.78 is 2.03. The number of para-hydroxylation sites is 2. The van der Waals surface area contributed by atoms with Crippen molar-refractivity contribution in [3.63, 3.8) is 0 Å². The van der Waals surface area contributed by atoms with Gasteiger partial charge in [-0.05, 0) is 44.3 Å². The number of carbonyl (C=O) groups excluding carboxylic acids is 1. The number of amides is 2. The molecule has 1 heterocycles. The summed E-state index contributed by atoms with van der Waals surface area (Å²) in [6.45, 7) is 3.40. The molecule has 0 bridgehead atoms. The normalized spacial score (nSPS) is 12.4. The number of aromatic nitrogens is 2. The summed E-state index contributed by atoms with van der Waals surface area (Å²) in [7, 11) is 7.90. The van der Waals surface area contributed by atoms with E-state index in [-0.39, 0.29) is 12.1 Å². The lowest BCUT2D eigenvalue weighted by Crippen LogP contribution is -2.38. The van der Waals surface area contributed by atoms with Crippen molar-refractivity contribution in [3.8, 4) is 0 Å². The summed E-state index contributed by atoms with van der Waals surface area (Å²) in [5.41, 5.74) is 4.36. The Morgan fingerprint density at radius 1 is 1.07 bits per heavy atom. The smallest absolute Gasteiger partial charge is 0.318 e. The molecule has 2 amide bonds. The van der Waals surface area contributed by atoms with Gasteiger partial charge in [-0.2, -0.15) is 0 Å². The summed E-state index contributed by atoms with van der Waals surface area (Å²) in [5, 5.41) is 3.06. The lowest BCUT2D eigenvalue weighted by molar-refractivity contribution is 0.203. The molecule has 28 heavy (non-hydrogen) atoms. The van der Waals surface area contributed by atoms with Gasteiger partial charge in [0.05, 0.1) is 17.1 Å². The van der Waals surface area contributed by atoms with Crippen LogP contribution in [0, 0.1) is 0 Å². The molecular formula is C22H29N5O. The number of carbonyl (C=O) groups is 1. The van der Waals surface area contributed by atoms with Crippen LogP contribution in [0.15, 0.2) is 48.5 Å². The highest BCUT2D eigenvalue weighted by atomic mass is 16.2. The Morgan fingerprint density at radius 3 is 2.43 bits per heavy atom. The van der Waals surface area contributed by atoms with Gasteiger partial charge in [-0.1, -0.05) is 36.4 Å². The molecule has 0 radical (unpaired) electrons. The molecule has 0 spiro atoms. The second-order valence-electron chi connectivity index (χ2n) is 7.60. The zero-order valence-electron chi connectivity index (χ0n) is 17.3. The number of nitrogens with one attached hydrogen (secondary N) is 1. The SMILES string of the molecule is C[C@@H](NC(=O)N(C)Cc1cccc(CN(C)C)c1)c1nc2ccccc2n1C. The van der Waals surface area contributed by atoms with Gasteiger partial charge in [0.15, 0.2) is 0 Å².